The number of amides is 1. The Morgan fingerprint density at radius 3 is 2.47 bits per heavy atom. The molecule has 0 radical (unpaired) electrons. The Labute approximate surface area is 88.1 Å². The highest BCUT2D eigenvalue weighted by Crippen LogP contribution is 2.25. The van der Waals surface area contributed by atoms with Crippen molar-refractivity contribution in [2.24, 2.45) is 0 Å². The molecular weight excluding hydrogens is 192 g/mol. The van der Waals surface area contributed by atoms with Crippen molar-refractivity contribution < 1.29 is 9.90 Å². The fourth-order valence-electron chi connectivity index (χ4n) is 1.19. The van der Waals surface area contributed by atoms with Crippen LogP contribution in [0.3, 0.4) is 0 Å². The summed E-state index contributed by atoms with van der Waals surface area (Å²) in [5.41, 5.74) is 1.18. The van der Waals surface area contributed by atoms with Crippen LogP contribution in [0.4, 0.5) is 16.2 Å². The summed E-state index contributed by atoms with van der Waals surface area (Å²) < 4.78 is 0. The minimum Gasteiger partial charge on any atom is -0.465 e. The molecule has 0 aliphatic rings. The van der Waals surface area contributed by atoms with E-state index in [0.29, 0.717) is 11.4 Å². The lowest BCUT2D eigenvalue weighted by atomic mass is 10.2. The number of nitrogens with one attached hydrogen (secondary N) is 1. The van der Waals surface area contributed by atoms with Gasteiger partial charge in [-0.2, -0.15) is 0 Å². The van der Waals surface area contributed by atoms with Gasteiger partial charge in [-0.25, -0.2) is 4.79 Å². The molecule has 0 unspecified atom stereocenters. The van der Waals surface area contributed by atoms with E-state index in [0.717, 1.165) is 0 Å². The van der Waals surface area contributed by atoms with Gasteiger partial charge in [-0.15, -0.1) is 0 Å². The van der Waals surface area contributed by atoms with Crippen LogP contribution in [-0.2, 0) is 0 Å². The van der Waals surface area contributed by atoms with Crippen LogP contribution in [-0.4, -0.2) is 11.2 Å². The Hall–Kier alpha value is -2.23. The number of rotatable bonds is 4. The first-order valence-electron chi connectivity index (χ1n) is 4.31. The maximum Gasteiger partial charge on any atom is 0.409 e. The van der Waals surface area contributed by atoms with Crippen molar-refractivity contribution in [1.82, 2.24) is 0 Å². The van der Waals surface area contributed by atoms with Crippen molar-refractivity contribution in [2.45, 2.75) is 0 Å². The van der Waals surface area contributed by atoms with E-state index in [1.807, 2.05) is 6.07 Å². The molecule has 0 fully saturated rings. The molecule has 0 bridgehead atoms. The van der Waals surface area contributed by atoms with Gasteiger partial charge in [0.25, 0.3) is 0 Å². The van der Waals surface area contributed by atoms with Crippen molar-refractivity contribution in [3.8, 4) is 0 Å². The second kappa shape index (κ2) is 4.85. The molecule has 0 atom stereocenters. The monoisotopic (exact) mass is 204 g/mol. The summed E-state index contributed by atoms with van der Waals surface area (Å²) in [4.78, 5) is 12.2. The molecule has 0 saturated carbocycles. The predicted octanol–water partition coefficient (Wildman–Crippen LogP) is 2.87. The molecule has 4 heteroatoms. The maximum atomic E-state index is 10.5. The summed E-state index contributed by atoms with van der Waals surface area (Å²) in [7, 11) is 0. The number of hydrogen-bond acceptors (Lipinski definition) is 2. The molecule has 0 aliphatic carbocycles. The highest BCUT2D eigenvalue weighted by atomic mass is 16.4. The molecule has 2 N–H and O–H groups in total. The van der Waals surface area contributed by atoms with E-state index in [1.165, 1.54) is 0 Å². The van der Waals surface area contributed by atoms with Crippen molar-refractivity contribution in [1.29, 1.82) is 0 Å². The first-order valence-corrected chi connectivity index (χ1v) is 4.31. The highest BCUT2D eigenvalue weighted by molar-refractivity contribution is 5.89. The molecule has 1 aromatic rings. The van der Waals surface area contributed by atoms with E-state index >= 15 is 0 Å². The van der Waals surface area contributed by atoms with Gasteiger partial charge in [0.1, 0.15) is 0 Å². The third-order valence-corrected chi connectivity index (χ3v) is 1.82. The fraction of sp³-hybridized carbons (Fsp3) is 0. The predicted molar refractivity (Wildman–Crippen MR) is 61.0 cm³/mol. The van der Waals surface area contributed by atoms with Crippen molar-refractivity contribution in [2.75, 3.05) is 10.2 Å². The Bertz CT molecular complexity index is 380. The highest BCUT2D eigenvalue weighted by Gasteiger charge is 2.07. The average molecular weight is 204 g/mol. The summed E-state index contributed by atoms with van der Waals surface area (Å²) in [6, 6.07) is 7.00. The van der Waals surface area contributed by atoms with E-state index in [9.17, 15) is 4.79 Å². The number of benzene rings is 1. The molecule has 15 heavy (non-hydrogen) atoms. The summed E-state index contributed by atoms with van der Waals surface area (Å²) >= 11 is 0. The molecule has 1 aromatic carbocycles. The van der Waals surface area contributed by atoms with Crippen LogP contribution in [0.1, 0.15) is 0 Å². The van der Waals surface area contributed by atoms with Gasteiger partial charge in [-0.3, -0.25) is 5.32 Å². The van der Waals surface area contributed by atoms with Crippen molar-refractivity contribution in [3.63, 3.8) is 0 Å². The smallest absolute Gasteiger partial charge is 0.409 e. The minimum atomic E-state index is -1.10. The van der Waals surface area contributed by atoms with Crippen LogP contribution in [0, 0.1) is 0 Å². The first kappa shape index (κ1) is 10.8. The van der Waals surface area contributed by atoms with Crippen LogP contribution in [0.25, 0.3) is 0 Å². The van der Waals surface area contributed by atoms with Gasteiger partial charge in [-0.05, 0) is 12.1 Å². The van der Waals surface area contributed by atoms with Crippen LogP contribution >= 0.6 is 0 Å². The van der Waals surface area contributed by atoms with E-state index in [4.69, 9.17) is 5.11 Å². The van der Waals surface area contributed by atoms with Crippen LogP contribution in [0.15, 0.2) is 49.8 Å². The van der Waals surface area contributed by atoms with E-state index in [2.05, 4.69) is 18.5 Å². The molecule has 0 heterocycles. The second-order valence-electron chi connectivity index (χ2n) is 2.72. The zero-order chi connectivity index (χ0) is 11.3. The number of carbonyl (C=O) groups is 1. The Morgan fingerprint density at radius 2 is 1.93 bits per heavy atom. The SMILES string of the molecule is C=CN(C=C)c1ccccc1NC(=O)O. The number of para-hydroxylation sites is 2. The first-order chi connectivity index (χ1) is 7.19. The molecule has 4 nitrogen and oxygen atoms in total. The molecular formula is C11H12N2O2. The largest absolute Gasteiger partial charge is 0.465 e. The summed E-state index contributed by atoms with van der Waals surface area (Å²) in [5.74, 6) is 0. The zero-order valence-corrected chi connectivity index (χ0v) is 8.18. The fourth-order valence-corrected chi connectivity index (χ4v) is 1.19. The Balaban J connectivity index is 3.09. The molecule has 0 spiro atoms. The van der Waals surface area contributed by atoms with Gasteiger partial charge in [0.15, 0.2) is 0 Å². The van der Waals surface area contributed by atoms with Gasteiger partial charge < -0.3 is 10.0 Å². The lowest BCUT2D eigenvalue weighted by Crippen LogP contribution is -2.13. The summed E-state index contributed by atoms with van der Waals surface area (Å²) in [5, 5.41) is 10.9. The minimum absolute atomic E-state index is 0.491. The average Bonchev–Trinajstić information content (AvgIpc) is 2.21. The van der Waals surface area contributed by atoms with Gasteiger partial charge in [0.2, 0.25) is 0 Å². The van der Waals surface area contributed by atoms with Crippen molar-refractivity contribution >= 4 is 17.5 Å². The standard InChI is InChI=1S/C11H12N2O2/c1-3-13(4-2)10-8-6-5-7-9(10)12-11(14)15/h3-8,12H,1-2H2,(H,14,15). The lowest BCUT2D eigenvalue weighted by molar-refractivity contribution is 0.210. The van der Waals surface area contributed by atoms with Gasteiger partial charge in [0, 0.05) is 12.4 Å². The summed E-state index contributed by atoms with van der Waals surface area (Å²) in [6.45, 7) is 7.22. The number of nitrogens with zero attached hydrogens (tertiary/aromatic N) is 1. The third kappa shape index (κ3) is 2.60. The van der Waals surface area contributed by atoms with Gasteiger partial charge >= 0.3 is 6.09 Å². The molecule has 0 aliphatic heterocycles. The van der Waals surface area contributed by atoms with Crippen LogP contribution < -0.4 is 10.2 Å². The van der Waals surface area contributed by atoms with E-state index in [1.54, 1.807) is 35.5 Å². The zero-order valence-electron chi connectivity index (χ0n) is 8.18. The molecule has 1 amide bonds. The van der Waals surface area contributed by atoms with Gasteiger partial charge in [-0.1, -0.05) is 25.3 Å². The quantitative estimate of drug-likeness (QED) is 0.792. The van der Waals surface area contributed by atoms with Crippen LogP contribution in [0.5, 0.6) is 0 Å². The number of hydrogen-bond donors (Lipinski definition) is 2. The molecule has 0 aromatic heterocycles. The van der Waals surface area contributed by atoms with Crippen molar-refractivity contribution in [3.05, 3.63) is 49.8 Å². The van der Waals surface area contributed by atoms with E-state index < -0.39 is 6.09 Å². The number of carboxylic acid groups (broad SMARTS) is 1. The summed E-state index contributed by atoms with van der Waals surface area (Å²) in [6.07, 6.45) is 2.00. The normalized spacial score (nSPS) is 9.07. The van der Waals surface area contributed by atoms with Gasteiger partial charge in [0.05, 0.1) is 11.4 Å². The molecule has 1 rings (SSSR count). The lowest BCUT2D eigenvalue weighted by Gasteiger charge is -2.18. The molecule has 0 saturated heterocycles. The topological polar surface area (TPSA) is 52.6 Å². The molecule has 78 valence electrons. The Kier molecular flexibility index (Phi) is 3.51. The van der Waals surface area contributed by atoms with E-state index in [-0.39, 0.29) is 0 Å². The third-order valence-electron chi connectivity index (χ3n) is 1.82. The second-order valence-corrected chi connectivity index (χ2v) is 2.72. The van der Waals surface area contributed by atoms with Crippen LogP contribution in [0.2, 0.25) is 0 Å². The number of anilines is 2. The Morgan fingerprint density at radius 1 is 1.33 bits per heavy atom. The maximum absolute atomic E-state index is 10.5.